The fourth-order valence-corrected chi connectivity index (χ4v) is 2.66. The molecule has 0 saturated carbocycles. The minimum Gasteiger partial charge on any atom is -0.215 e. The van der Waals surface area contributed by atoms with Gasteiger partial charge in [-0.2, -0.15) is 0 Å². The normalized spacial score (nSPS) is 16.3. The number of hydrogen-bond donors (Lipinski definition) is 0. The van der Waals surface area contributed by atoms with Gasteiger partial charge in [0.1, 0.15) is 5.70 Å². The maximum Gasteiger partial charge on any atom is 0.262 e. The van der Waals surface area contributed by atoms with Gasteiger partial charge in [-0.15, -0.1) is 4.68 Å². The molecule has 0 amide bonds. The molecule has 0 atom stereocenters. The van der Waals surface area contributed by atoms with Gasteiger partial charge < -0.3 is 0 Å². The maximum atomic E-state index is 6.44. The monoisotopic (exact) mass is 324 g/mol. The van der Waals surface area contributed by atoms with Crippen molar-refractivity contribution in [1.29, 1.82) is 0 Å². The molecule has 1 aliphatic rings. The van der Waals surface area contributed by atoms with Crippen molar-refractivity contribution < 1.29 is 4.68 Å². The molecule has 1 heterocycles. The van der Waals surface area contributed by atoms with Gasteiger partial charge in [0, 0.05) is 24.4 Å². The van der Waals surface area contributed by atoms with Crippen LogP contribution < -0.4 is 0 Å². The van der Waals surface area contributed by atoms with Gasteiger partial charge in [0.15, 0.2) is 12.8 Å². The van der Waals surface area contributed by atoms with Crippen molar-refractivity contribution in [2.24, 2.45) is 4.99 Å². The van der Waals surface area contributed by atoms with Crippen molar-refractivity contribution in [3.63, 3.8) is 0 Å². The van der Waals surface area contributed by atoms with Crippen LogP contribution in [0.4, 0.5) is 5.69 Å². The minimum atomic E-state index is 0.427. The molecule has 0 N–H and O–H groups in total. The van der Waals surface area contributed by atoms with Crippen LogP contribution in [0.3, 0.4) is 0 Å². The highest BCUT2D eigenvalue weighted by Crippen LogP contribution is 2.38. The Labute approximate surface area is 136 Å². The van der Waals surface area contributed by atoms with Crippen LogP contribution >= 0.6 is 23.2 Å². The molecule has 5 heteroatoms. The topological polar surface area (TPSA) is 18.6 Å². The molecule has 0 saturated heterocycles. The van der Waals surface area contributed by atoms with E-state index in [4.69, 9.17) is 23.2 Å². The van der Waals surface area contributed by atoms with E-state index in [1.54, 1.807) is 0 Å². The molecule has 2 rings (SSSR count). The Bertz CT molecular complexity index is 668. The van der Waals surface area contributed by atoms with Gasteiger partial charge in [-0.1, -0.05) is 23.5 Å². The van der Waals surface area contributed by atoms with Crippen molar-refractivity contribution in [3.8, 4) is 0 Å². The number of allylic oxidation sites excluding steroid dienone is 1. The molecule has 1 aromatic rings. The average Bonchev–Trinajstić information content (AvgIpc) is 2.43. The first-order valence-electron chi connectivity index (χ1n) is 6.94. The van der Waals surface area contributed by atoms with Crippen molar-refractivity contribution in [2.75, 3.05) is 7.05 Å². The van der Waals surface area contributed by atoms with Gasteiger partial charge in [0.25, 0.3) is 5.29 Å². The summed E-state index contributed by atoms with van der Waals surface area (Å²) in [6, 6.07) is 5.74. The fourth-order valence-electron chi connectivity index (χ4n) is 2.20. The third-order valence-electron chi connectivity index (χ3n) is 3.70. The molecule has 1 aromatic carbocycles. The van der Waals surface area contributed by atoms with Gasteiger partial charge in [-0.25, -0.2) is 4.99 Å². The molecule has 3 nitrogen and oxygen atoms in total. The molecule has 0 radical (unpaired) electrons. The minimum absolute atomic E-state index is 0.427. The van der Waals surface area contributed by atoms with E-state index in [-0.39, 0.29) is 0 Å². The van der Waals surface area contributed by atoms with E-state index in [0.29, 0.717) is 10.3 Å². The smallest absolute Gasteiger partial charge is 0.215 e. The molecular weight excluding hydrogens is 305 g/mol. The van der Waals surface area contributed by atoms with Gasteiger partial charge in [-0.3, -0.25) is 0 Å². The Hall–Kier alpha value is -1.32. The zero-order valence-electron chi connectivity index (χ0n) is 13.0. The number of rotatable bonds is 2. The van der Waals surface area contributed by atoms with Crippen LogP contribution in [-0.2, 0) is 0 Å². The quantitative estimate of drug-likeness (QED) is 0.422. The average molecular weight is 325 g/mol. The van der Waals surface area contributed by atoms with Crippen LogP contribution in [-0.4, -0.2) is 27.7 Å². The predicted octanol–water partition coefficient (Wildman–Crippen LogP) is 5.06. The summed E-state index contributed by atoms with van der Waals surface area (Å²) >= 11 is 12.5. The molecule has 0 aliphatic carbocycles. The Kier molecular flexibility index (Phi) is 4.74. The zero-order valence-corrected chi connectivity index (χ0v) is 14.5. The van der Waals surface area contributed by atoms with E-state index < -0.39 is 0 Å². The summed E-state index contributed by atoms with van der Waals surface area (Å²) in [6.45, 7) is 8.34. The van der Waals surface area contributed by atoms with E-state index in [1.165, 1.54) is 5.57 Å². The van der Waals surface area contributed by atoms with Crippen molar-refractivity contribution in [1.82, 2.24) is 5.01 Å². The number of amidine groups is 1. The van der Waals surface area contributed by atoms with Gasteiger partial charge in [0.2, 0.25) is 0 Å². The highest BCUT2D eigenvalue weighted by atomic mass is 35.5. The number of fused-ring (bicyclic) bond motifs is 1. The summed E-state index contributed by atoms with van der Waals surface area (Å²) in [5.74, 6) is 0. The Morgan fingerprint density at radius 3 is 2.48 bits per heavy atom. The molecule has 0 spiro atoms. The van der Waals surface area contributed by atoms with Gasteiger partial charge >= 0.3 is 0 Å². The van der Waals surface area contributed by atoms with Gasteiger partial charge in [-0.05, 0) is 48.7 Å². The second-order valence-electron chi connectivity index (χ2n) is 5.31. The Balaban J connectivity index is 2.77. The van der Waals surface area contributed by atoms with Gasteiger partial charge in [0.05, 0.1) is 5.69 Å². The molecular formula is C16H20Cl2N3+. The second-order valence-corrected chi connectivity index (χ2v) is 6.08. The molecule has 21 heavy (non-hydrogen) atoms. The lowest BCUT2D eigenvalue weighted by Gasteiger charge is -2.27. The van der Waals surface area contributed by atoms with Crippen LogP contribution in [0.1, 0.15) is 39.7 Å². The van der Waals surface area contributed by atoms with Crippen molar-refractivity contribution in [2.45, 2.75) is 34.1 Å². The summed E-state index contributed by atoms with van der Waals surface area (Å²) in [7, 11) is 1.98. The van der Waals surface area contributed by atoms with Crippen LogP contribution in [0.5, 0.6) is 0 Å². The highest BCUT2D eigenvalue weighted by molar-refractivity contribution is 6.65. The zero-order chi connectivity index (χ0) is 15.7. The lowest BCUT2D eigenvalue weighted by Crippen LogP contribution is -2.38. The molecule has 112 valence electrons. The predicted molar refractivity (Wildman–Crippen MR) is 91.7 cm³/mol. The van der Waals surface area contributed by atoms with E-state index in [9.17, 15) is 0 Å². The number of hydrazine groups is 1. The SMILES string of the molecule is CCC(C)=C1c2ccc(Cl)cc2N=C(Cl)N1[N+](C)=C(C)C. The number of hydrogen-bond acceptors (Lipinski definition) is 2. The van der Waals surface area contributed by atoms with Crippen LogP contribution in [0.25, 0.3) is 5.70 Å². The Morgan fingerprint density at radius 2 is 1.90 bits per heavy atom. The molecule has 0 unspecified atom stereocenters. The Morgan fingerprint density at radius 1 is 1.24 bits per heavy atom. The summed E-state index contributed by atoms with van der Waals surface area (Å²) in [5.41, 5.74) is 5.32. The number of halogens is 2. The van der Waals surface area contributed by atoms with E-state index in [0.717, 1.165) is 29.1 Å². The fraction of sp³-hybridized carbons (Fsp3) is 0.375. The largest absolute Gasteiger partial charge is 0.262 e. The number of nitrogens with zero attached hydrogens (tertiary/aromatic N) is 3. The number of aliphatic imine (C=N–C) groups is 1. The number of benzene rings is 1. The second kappa shape index (κ2) is 6.20. The summed E-state index contributed by atoms with van der Waals surface area (Å²) in [6.07, 6.45) is 0.939. The van der Waals surface area contributed by atoms with Crippen molar-refractivity contribution in [3.05, 3.63) is 34.4 Å². The molecule has 0 aromatic heterocycles. The molecule has 0 fully saturated rings. The third kappa shape index (κ3) is 2.99. The third-order valence-corrected chi connectivity index (χ3v) is 4.18. The highest BCUT2D eigenvalue weighted by Gasteiger charge is 2.32. The first-order valence-corrected chi connectivity index (χ1v) is 7.70. The summed E-state index contributed by atoms with van der Waals surface area (Å²) < 4.78 is 2.01. The van der Waals surface area contributed by atoms with E-state index in [2.05, 4.69) is 18.8 Å². The maximum absolute atomic E-state index is 6.44. The molecule has 0 bridgehead atoms. The van der Waals surface area contributed by atoms with Crippen LogP contribution in [0.15, 0.2) is 28.8 Å². The summed E-state index contributed by atoms with van der Waals surface area (Å²) in [5, 5.41) is 3.04. The van der Waals surface area contributed by atoms with Crippen LogP contribution in [0, 0.1) is 0 Å². The summed E-state index contributed by atoms with van der Waals surface area (Å²) in [4.78, 5) is 4.49. The van der Waals surface area contributed by atoms with E-state index >= 15 is 0 Å². The van der Waals surface area contributed by atoms with Crippen LogP contribution in [0.2, 0.25) is 5.02 Å². The first kappa shape index (κ1) is 16.1. The van der Waals surface area contributed by atoms with E-state index in [1.807, 2.05) is 48.8 Å². The first-order chi connectivity index (χ1) is 9.86. The lowest BCUT2D eigenvalue weighted by atomic mass is 10.0. The number of hydrazone groups is 1. The van der Waals surface area contributed by atoms with Crippen molar-refractivity contribution >= 4 is 45.6 Å². The standard InChI is InChI=1S/C16H20Cl2N3/c1-6-11(4)15-13-8-7-12(17)9-14(13)19-16(18)21(15)20(5)10(2)3/h7-9H,6H2,1-5H3/q+1. The molecule has 1 aliphatic heterocycles. The lowest BCUT2D eigenvalue weighted by molar-refractivity contribution is -0.623.